The SMILES string of the molecule is CS(=O)(=O)c1ccnc(-c2nc(=O)c3ccccc3s2)c1. The van der Waals surface area contributed by atoms with Crippen LogP contribution in [-0.2, 0) is 9.84 Å². The average molecular weight is 318 g/mol. The molecular weight excluding hydrogens is 308 g/mol. The van der Waals surface area contributed by atoms with E-state index in [1.807, 2.05) is 12.1 Å². The normalized spacial score (nSPS) is 11.7. The fraction of sp³-hybridized carbons (Fsp3) is 0.0714. The molecule has 0 radical (unpaired) electrons. The van der Waals surface area contributed by atoms with Gasteiger partial charge in [0.25, 0.3) is 5.56 Å². The zero-order valence-corrected chi connectivity index (χ0v) is 12.6. The molecule has 106 valence electrons. The maximum Gasteiger partial charge on any atom is 0.279 e. The van der Waals surface area contributed by atoms with Crippen LogP contribution >= 0.6 is 11.3 Å². The predicted molar refractivity (Wildman–Crippen MR) is 82.2 cm³/mol. The molecule has 21 heavy (non-hydrogen) atoms. The summed E-state index contributed by atoms with van der Waals surface area (Å²) in [6.07, 6.45) is 2.53. The molecule has 0 atom stereocenters. The highest BCUT2D eigenvalue weighted by molar-refractivity contribution is 7.90. The molecule has 7 heteroatoms. The van der Waals surface area contributed by atoms with Crippen LogP contribution in [0.4, 0.5) is 0 Å². The van der Waals surface area contributed by atoms with Crippen LogP contribution in [-0.4, -0.2) is 24.6 Å². The lowest BCUT2D eigenvalue weighted by Gasteiger charge is -2.03. The van der Waals surface area contributed by atoms with Gasteiger partial charge in [0.05, 0.1) is 10.3 Å². The number of pyridine rings is 1. The van der Waals surface area contributed by atoms with E-state index < -0.39 is 9.84 Å². The minimum atomic E-state index is -3.33. The van der Waals surface area contributed by atoms with Crippen LogP contribution in [0.5, 0.6) is 0 Å². The Kier molecular flexibility index (Phi) is 3.30. The Morgan fingerprint density at radius 1 is 1.14 bits per heavy atom. The van der Waals surface area contributed by atoms with Crippen LogP contribution in [0.15, 0.2) is 52.3 Å². The molecule has 2 heterocycles. The molecule has 0 spiro atoms. The molecule has 0 bridgehead atoms. The molecule has 5 nitrogen and oxygen atoms in total. The number of fused-ring (bicyclic) bond motifs is 1. The predicted octanol–water partition coefficient (Wildman–Crippen LogP) is 2.12. The molecule has 0 unspecified atom stereocenters. The van der Waals surface area contributed by atoms with Gasteiger partial charge >= 0.3 is 0 Å². The van der Waals surface area contributed by atoms with Crippen LogP contribution in [0.3, 0.4) is 0 Å². The first kappa shape index (κ1) is 13.8. The molecule has 3 rings (SSSR count). The van der Waals surface area contributed by atoms with Crippen molar-refractivity contribution in [3.63, 3.8) is 0 Å². The van der Waals surface area contributed by atoms with Crippen molar-refractivity contribution in [2.24, 2.45) is 0 Å². The topological polar surface area (TPSA) is 77.0 Å². The number of sulfone groups is 1. The van der Waals surface area contributed by atoms with Gasteiger partial charge in [0.1, 0.15) is 10.7 Å². The van der Waals surface area contributed by atoms with Crippen LogP contribution < -0.4 is 5.56 Å². The average Bonchev–Trinajstić information content (AvgIpc) is 2.46. The number of aromatic nitrogens is 2. The molecular formula is C14H10N2O3S2. The summed E-state index contributed by atoms with van der Waals surface area (Å²) in [6, 6.07) is 10.0. The van der Waals surface area contributed by atoms with Gasteiger partial charge in [0.15, 0.2) is 9.84 Å². The van der Waals surface area contributed by atoms with Gasteiger partial charge in [-0.3, -0.25) is 9.78 Å². The monoisotopic (exact) mass is 318 g/mol. The maximum atomic E-state index is 12.0. The van der Waals surface area contributed by atoms with E-state index in [4.69, 9.17) is 0 Å². The van der Waals surface area contributed by atoms with E-state index in [0.717, 1.165) is 11.0 Å². The quantitative estimate of drug-likeness (QED) is 0.723. The second-order valence-electron chi connectivity index (χ2n) is 4.47. The van der Waals surface area contributed by atoms with Crippen LogP contribution in [0.1, 0.15) is 0 Å². The summed E-state index contributed by atoms with van der Waals surface area (Å²) in [5.41, 5.74) is 0.0386. The fourth-order valence-corrected chi connectivity index (χ4v) is 3.48. The number of rotatable bonds is 2. The largest absolute Gasteiger partial charge is 0.279 e. The van der Waals surface area contributed by atoms with Crippen molar-refractivity contribution >= 4 is 31.3 Å². The van der Waals surface area contributed by atoms with E-state index in [9.17, 15) is 13.2 Å². The van der Waals surface area contributed by atoms with Crippen LogP contribution in [0.2, 0.25) is 0 Å². The van der Waals surface area contributed by atoms with Gasteiger partial charge in [-0.15, -0.1) is 11.3 Å². The molecule has 2 aromatic heterocycles. The number of benzene rings is 1. The zero-order valence-electron chi connectivity index (χ0n) is 11.0. The van der Waals surface area contributed by atoms with Gasteiger partial charge < -0.3 is 0 Å². The highest BCUT2D eigenvalue weighted by Gasteiger charge is 2.12. The molecule has 0 aliphatic rings. The second-order valence-corrected chi connectivity index (χ2v) is 7.52. The third-order valence-corrected chi connectivity index (χ3v) is 5.09. The lowest BCUT2D eigenvalue weighted by atomic mass is 10.3. The van der Waals surface area contributed by atoms with Gasteiger partial charge in [0, 0.05) is 17.2 Å². The summed E-state index contributed by atoms with van der Waals surface area (Å²) in [7, 11) is -3.33. The molecule has 0 aliphatic carbocycles. The summed E-state index contributed by atoms with van der Waals surface area (Å²) in [6.45, 7) is 0. The van der Waals surface area contributed by atoms with E-state index in [0.29, 0.717) is 16.1 Å². The summed E-state index contributed by atoms with van der Waals surface area (Å²) in [5.74, 6) is 0. The van der Waals surface area contributed by atoms with Crippen molar-refractivity contribution in [3.05, 3.63) is 52.9 Å². The van der Waals surface area contributed by atoms with Gasteiger partial charge in [0.2, 0.25) is 0 Å². The number of nitrogens with zero attached hydrogens (tertiary/aromatic N) is 2. The van der Waals surface area contributed by atoms with E-state index in [-0.39, 0.29) is 10.5 Å². The van der Waals surface area contributed by atoms with Crippen molar-refractivity contribution in [3.8, 4) is 10.7 Å². The Morgan fingerprint density at radius 3 is 2.67 bits per heavy atom. The van der Waals surface area contributed by atoms with Gasteiger partial charge in [-0.05, 0) is 24.3 Å². The van der Waals surface area contributed by atoms with Crippen molar-refractivity contribution in [1.82, 2.24) is 9.97 Å². The van der Waals surface area contributed by atoms with Crippen molar-refractivity contribution in [2.45, 2.75) is 4.90 Å². The van der Waals surface area contributed by atoms with E-state index in [2.05, 4.69) is 9.97 Å². The summed E-state index contributed by atoms with van der Waals surface area (Å²) in [5, 5.41) is 0.953. The first-order chi connectivity index (χ1) is 9.95. The zero-order chi connectivity index (χ0) is 15.0. The van der Waals surface area contributed by atoms with E-state index >= 15 is 0 Å². The van der Waals surface area contributed by atoms with E-state index in [1.54, 1.807) is 12.1 Å². The molecule has 0 saturated carbocycles. The first-order valence-electron chi connectivity index (χ1n) is 6.01. The number of hydrogen-bond donors (Lipinski definition) is 0. The third-order valence-electron chi connectivity index (χ3n) is 2.91. The lowest BCUT2D eigenvalue weighted by molar-refractivity contribution is 0.602. The highest BCUT2D eigenvalue weighted by atomic mass is 32.2. The second kappa shape index (κ2) is 5.01. The minimum absolute atomic E-state index is 0.155. The lowest BCUT2D eigenvalue weighted by Crippen LogP contribution is -2.06. The Morgan fingerprint density at radius 2 is 1.90 bits per heavy atom. The van der Waals surface area contributed by atoms with Crippen LogP contribution in [0, 0.1) is 0 Å². The molecule has 3 aromatic rings. The molecule has 0 N–H and O–H groups in total. The van der Waals surface area contributed by atoms with Gasteiger partial charge in [-0.25, -0.2) is 8.42 Å². The molecule has 0 amide bonds. The maximum absolute atomic E-state index is 12.0. The third kappa shape index (κ3) is 2.70. The Bertz CT molecular complexity index is 994. The van der Waals surface area contributed by atoms with E-state index in [1.165, 1.54) is 29.7 Å². The Hall–Kier alpha value is -2.12. The Balaban J connectivity index is 2.24. The highest BCUT2D eigenvalue weighted by Crippen LogP contribution is 2.25. The van der Waals surface area contributed by atoms with Gasteiger partial charge in [-0.2, -0.15) is 4.98 Å². The molecule has 0 aliphatic heterocycles. The van der Waals surface area contributed by atoms with Crippen molar-refractivity contribution in [1.29, 1.82) is 0 Å². The van der Waals surface area contributed by atoms with Crippen molar-refractivity contribution in [2.75, 3.05) is 6.26 Å². The standard InChI is InChI=1S/C14H10N2O3S2/c1-21(18,19)9-6-7-15-11(8-9)14-16-13(17)10-4-2-3-5-12(10)20-14/h2-8H,1H3. The molecule has 0 fully saturated rings. The molecule has 0 saturated heterocycles. The minimum Gasteiger partial charge on any atom is -0.267 e. The van der Waals surface area contributed by atoms with Crippen molar-refractivity contribution < 1.29 is 8.42 Å². The van der Waals surface area contributed by atoms with Gasteiger partial charge in [-0.1, -0.05) is 12.1 Å². The smallest absolute Gasteiger partial charge is 0.267 e. The fourth-order valence-electron chi connectivity index (χ4n) is 1.88. The first-order valence-corrected chi connectivity index (χ1v) is 8.72. The van der Waals surface area contributed by atoms with Crippen LogP contribution in [0.25, 0.3) is 20.8 Å². The molecule has 1 aromatic carbocycles. The Labute approximate surface area is 124 Å². The summed E-state index contributed by atoms with van der Waals surface area (Å²) < 4.78 is 24.0. The number of hydrogen-bond acceptors (Lipinski definition) is 6. The summed E-state index contributed by atoms with van der Waals surface area (Å²) >= 11 is 1.31. The summed E-state index contributed by atoms with van der Waals surface area (Å²) in [4.78, 5) is 20.3.